The van der Waals surface area contributed by atoms with Gasteiger partial charge in [0.05, 0.1) is 35.3 Å². The molecule has 1 amide bonds. The Morgan fingerprint density at radius 1 is 1.03 bits per heavy atom. The van der Waals surface area contributed by atoms with E-state index in [4.69, 9.17) is 9.47 Å². The molecule has 1 aromatic heterocycles. The van der Waals surface area contributed by atoms with E-state index in [-0.39, 0.29) is 28.3 Å². The van der Waals surface area contributed by atoms with E-state index in [0.29, 0.717) is 6.42 Å². The van der Waals surface area contributed by atoms with Crippen LogP contribution in [0.4, 0.5) is 10.7 Å². The normalized spacial score (nSPS) is 10.3. The van der Waals surface area contributed by atoms with Gasteiger partial charge < -0.3 is 19.5 Å². The molecule has 0 spiro atoms. The molecule has 0 aliphatic heterocycles. The molecule has 0 aliphatic rings. The molecule has 33 heavy (non-hydrogen) atoms. The van der Waals surface area contributed by atoms with E-state index in [1.807, 2.05) is 13.8 Å². The fourth-order valence-corrected chi connectivity index (χ4v) is 4.11. The summed E-state index contributed by atoms with van der Waals surface area (Å²) in [7, 11) is 1.09. The number of nitro groups is 1. The number of methoxy groups -OCH3 is 1. The Morgan fingerprint density at radius 2 is 1.67 bits per heavy atom. The number of thiophene rings is 1. The van der Waals surface area contributed by atoms with Crippen LogP contribution in [0.5, 0.6) is 0 Å². The molecule has 0 bridgehead atoms. The zero-order valence-electron chi connectivity index (χ0n) is 18.4. The molecule has 12 heteroatoms. The minimum Gasteiger partial charge on any atom is -0.465 e. The van der Waals surface area contributed by atoms with E-state index in [1.165, 1.54) is 11.3 Å². The van der Waals surface area contributed by atoms with E-state index in [0.717, 1.165) is 35.7 Å². The second-order valence-corrected chi connectivity index (χ2v) is 7.78. The lowest BCUT2D eigenvalue weighted by atomic mass is 10.1. The summed E-state index contributed by atoms with van der Waals surface area (Å²) in [6, 6.07) is 2.94. The Balaban J connectivity index is 2.17. The Bertz CT molecular complexity index is 1110. The molecule has 0 aliphatic carbocycles. The van der Waals surface area contributed by atoms with Crippen LogP contribution in [-0.2, 0) is 25.4 Å². The van der Waals surface area contributed by atoms with Crippen molar-refractivity contribution in [3.8, 4) is 0 Å². The molecule has 176 valence electrons. The average Bonchev–Trinajstić information content (AvgIpc) is 3.10. The van der Waals surface area contributed by atoms with E-state index in [2.05, 4.69) is 10.1 Å². The molecule has 2 rings (SSSR count). The zero-order chi connectivity index (χ0) is 24.7. The number of anilines is 1. The maximum Gasteiger partial charge on any atom is 0.341 e. The Morgan fingerprint density at radius 3 is 2.21 bits per heavy atom. The highest BCUT2D eigenvalue weighted by Crippen LogP contribution is 2.34. The number of amides is 1. The topological polar surface area (TPSA) is 151 Å². The number of hydrogen-bond acceptors (Lipinski definition) is 10. The molecule has 11 nitrogen and oxygen atoms in total. The Labute approximate surface area is 192 Å². The second kappa shape index (κ2) is 11.2. The third-order valence-electron chi connectivity index (χ3n) is 4.41. The largest absolute Gasteiger partial charge is 0.465 e. The lowest BCUT2D eigenvalue weighted by Crippen LogP contribution is -2.22. The highest BCUT2D eigenvalue weighted by molar-refractivity contribution is 7.16. The number of esters is 3. The Hall–Kier alpha value is -3.80. The minimum absolute atomic E-state index is 0.165. The monoisotopic (exact) mass is 478 g/mol. The predicted octanol–water partition coefficient (Wildman–Crippen LogP) is 3.29. The standard InChI is InChI=1S/C21H22N2O9S/c1-5-15-11(3)33-18(17(15)21(27)31-6-2)22-16(24)10-32-20(26)13-7-12(19(25)30-4)8-14(9-13)23(28)29/h7-9H,5-6,10H2,1-4H3,(H,22,24). The quantitative estimate of drug-likeness (QED) is 0.248. The summed E-state index contributed by atoms with van der Waals surface area (Å²) in [6.45, 7) is 4.78. The van der Waals surface area contributed by atoms with Gasteiger partial charge in [-0.05, 0) is 31.9 Å². The van der Waals surface area contributed by atoms with Gasteiger partial charge in [0.15, 0.2) is 6.61 Å². The smallest absolute Gasteiger partial charge is 0.341 e. The van der Waals surface area contributed by atoms with E-state index >= 15 is 0 Å². The van der Waals surface area contributed by atoms with E-state index < -0.39 is 41.0 Å². The van der Waals surface area contributed by atoms with Gasteiger partial charge in [0.25, 0.3) is 11.6 Å². The first-order valence-corrected chi connectivity index (χ1v) is 10.6. The van der Waals surface area contributed by atoms with E-state index in [1.54, 1.807) is 6.92 Å². The lowest BCUT2D eigenvalue weighted by molar-refractivity contribution is -0.384. The van der Waals surface area contributed by atoms with Crippen molar-refractivity contribution >= 4 is 45.8 Å². The number of carbonyl (C=O) groups is 4. The highest BCUT2D eigenvalue weighted by Gasteiger charge is 2.24. The number of ether oxygens (including phenoxy) is 3. The molecule has 0 fully saturated rings. The SMILES string of the molecule is CCOC(=O)c1c(NC(=O)COC(=O)c2cc(C(=O)OC)cc([N+](=O)[O-])c2)sc(C)c1CC. The molecule has 0 saturated heterocycles. The number of nitro benzene ring substituents is 1. The van der Waals surface area contributed by atoms with Crippen LogP contribution in [0.15, 0.2) is 18.2 Å². The number of aryl methyl sites for hydroxylation is 1. The zero-order valence-corrected chi connectivity index (χ0v) is 19.2. The van der Waals surface area contributed by atoms with Crippen LogP contribution in [0, 0.1) is 17.0 Å². The molecule has 1 heterocycles. The number of carbonyl (C=O) groups excluding carboxylic acids is 4. The number of non-ortho nitro benzene ring substituents is 1. The van der Waals surface area contributed by atoms with Crippen LogP contribution in [0.2, 0.25) is 0 Å². The lowest BCUT2D eigenvalue weighted by Gasteiger charge is -2.09. The number of rotatable bonds is 9. The van der Waals surface area contributed by atoms with Gasteiger partial charge in [-0.25, -0.2) is 14.4 Å². The maximum atomic E-state index is 12.4. The molecule has 0 unspecified atom stereocenters. The van der Waals surface area contributed by atoms with Crippen molar-refractivity contribution in [3.05, 3.63) is 55.4 Å². The fourth-order valence-electron chi connectivity index (χ4n) is 2.96. The molecule has 0 radical (unpaired) electrons. The van der Waals surface area contributed by atoms with Crippen LogP contribution in [-0.4, -0.2) is 49.1 Å². The molecular weight excluding hydrogens is 456 g/mol. The fraction of sp³-hybridized carbons (Fsp3) is 0.333. The van der Waals surface area contributed by atoms with Crippen molar-refractivity contribution < 1.29 is 38.3 Å². The average molecular weight is 478 g/mol. The third-order valence-corrected chi connectivity index (χ3v) is 5.48. The van der Waals surface area contributed by atoms with Crippen LogP contribution >= 0.6 is 11.3 Å². The first-order valence-electron chi connectivity index (χ1n) is 9.76. The van der Waals surface area contributed by atoms with Crippen LogP contribution in [0.3, 0.4) is 0 Å². The second-order valence-electron chi connectivity index (χ2n) is 6.56. The molecule has 1 aromatic carbocycles. The number of hydrogen-bond donors (Lipinski definition) is 1. The molecule has 2 aromatic rings. The van der Waals surface area contributed by atoms with Crippen LogP contribution < -0.4 is 5.32 Å². The molecule has 1 N–H and O–H groups in total. The van der Waals surface area contributed by atoms with Gasteiger partial charge in [-0.3, -0.25) is 14.9 Å². The van der Waals surface area contributed by atoms with E-state index in [9.17, 15) is 29.3 Å². The third kappa shape index (κ3) is 6.13. The van der Waals surface area contributed by atoms with Crippen molar-refractivity contribution in [2.45, 2.75) is 27.2 Å². The van der Waals surface area contributed by atoms with Crippen LogP contribution in [0.25, 0.3) is 0 Å². The van der Waals surface area contributed by atoms with Crippen molar-refractivity contribution in [1.82, 2.24) is 0 Å². The first kappa shape index (κ1) is 25.5. The van der Waals surface area contributed by atoms with Gasteiger partial charge in [-0.1, -0.05) is 6.92 Å². The first-order chi connectivity index (χ1) is 15.6. The summed E-state index contributed by atoms with van der Waals surface area (Å²) >= 11 is 1.19. The molecule has 0 atom stereocenters. The summed E-state index contributed by atoms with van der Waals surface area (Å²) < 4.78 is 14.5. The van der Waals surface area contributed by atoms with Gasteiger partial charge in [-0.15, -0.1) is 11.3 Å². The summed E-state index contributed by atoms with van der Waals surface area (Å²) in [5.41, 5.74) is -0.0386. The van der Waals surface area contributed by atoms with Crippen LogP contribution in [0.1, 0.15) is 55.4 Å². The number of nitrogens with one attached hydrogen (secondary N) is 1. The summed E-state index contributed by atoms with van der Waals surface area (Å²) in [5.74, 6) is -3.23. The summed E-state index contributed by atoms with van der Waals surface area (Å²) in [5, 5.41) is 13.9. The van der Waals surface area contributed by atoms with Gasteiger partial charge in [0.2, 0.25) is 0 Å². The van der Waals surface area contributed by atoms with Crippen molar-refractivity contribution in [2.24, 2.45) is 0 Å². The van der Waals surface area contributed by atoms with Crippen molar-refractivity contribution in [1.29, 1.82) is 0 Å². The summed E-state index contributed by atoms with van der Waals surface area (Å²) in [6.07, 6.45) is 0.552. The predicted molar refractivity (Wildman–Crippen MR) is 118 cm³/mol. The molecule has 0 saturated carbocycles. The number of nitrogens with zero attached hydrogens (tertiary/aromatic N) is 1. The minimum atomic E-state index is -1.05. The highest BCUT2D eigenvalue weighted by atomic mass is 32.1. The van der Waals surface area contributed by atoms with Gasteiger partial charge >= 0.3 is 17.9 Å². The van der Waals surface area contributed by atoms with Gasteiger partial charge in [0, 0.05) is 17.0 Å². The van der Waals surface area contributed by atoms with Gasteiger partial charge in [-0.2, -0.15) is 0 Å². The molecular formula is C21H22N2O9S. The number of benzene rings is 1. The van der Waals surface area contributed by atoms with Gasteiger partial charge in [0.1, 0.15) is 5.00 Å². The van der Waals surface area contributed by atoms with Crippen molar-refractivity contribution in [3.63, 3.8) is 0 Å². The summed E-state index contributed by atoms with van der Waals surface area (Å²) in [4.78, 5) is 59.9. The Kier molecular flexibility index (Phi) is 8.63. The maximum absolute atomic E-state index is 12.4. The van der Waals surface area contributed by atoms with Crippen molar-refractivity contribution in [2.75, 3.05) is 25.6 Å².